The Bertz CT molecular complexity index is 949. The second kappa shape index (κ2) is 8.18. The van der Waals surface area contributed by atoms with Gasteiger partial charge in [-0.05, 0) is 49.9 Å². The van der Waals surface area contributed by atoms with Crippen LogP contribution in [0.2, 0.25) is 0 Å². The number of amides is 1. The quantitative estimate of drug-likeness (QED) is 0.717. The number of carboxylic acid groups (broad SMARTS) is 1. The largest absolute Gasteiger partial charge is 0.573 e. The number of carbonyl (C=O) groups is 2. The van der Waals surface area contributed by atoms with Gasteiger partial charge in [-0.25, -0.2) is 0 Å². The zero-order valence-corrected chi connectivity index (χ0v) is 15.6. The third kappa shape index (κ3) is 4.90. The fourth-order valence-corrected chi connectivity index (χ4v) is 3.69. The highest BCUT2D eigenvalue weighted by atomic mass is 19.4. The van der Waals surface area contributed by atoms with Crippen LogP contribution in [0.5, 0.6) is 5.75 Å². The molecule has 1 amide bonds. The molecule has 156 valence electrons. The first-order chi connectivity index (χ1) is 13.7. The summed E-state index contributed by atoms with van der Waals surface area (Å²) in [7, 11) is 0. The van der Waals surface area contributed by atoms with Crippen molar-refractivity contribution >= 4 is 22.8 Å². The fraction of sp³-hybridized carbons (Fsp3) is 0.400. The normalized spacial score (nSPS) is 19.3. The summed E-state index contributed by atoms with van der Waals surface area (Å²) in [5.41, 5.74) is 2.19. The molecule has 0 fully saturated rings. The third-order valence-electron chi connectivity index (χ3n) is 5.07. The standard InChI is InChI=1S/C20H21F3N2O4/c1-11-13(16-10-12(29-20(21,22)23)6-7-17(16)25-11)8-9-24-18(26)14-4-2-3-5-15(14)19(27)28/h2-3,6-7,10,14-15,25H,4-5,8-9H2,1H3,(H,24,26)(H,27,28)/p-1/t14-,15+/m1/s1. The molecule has 9 heteroatoms. The van der Waals surface area contributed by atoms with E-state index in [1.165, 1.54) is 18.2 Å². The van der Waals surface area contributed by atoms with Crippen molar-refractivity contribution in [3.8, 4) is 5.75 Å². The molecule has 1 heterocycles. The Morgan fingerprint density at radius 1 is 1.24 bits per heavy atom. The molecule has 3 rings (SSSR count). The first-order valence-corrected chi connectivity index (χ1v) is 9.16. The number of aliphatic carboxylic acids is 1. The number of aromatic amines is 1. The van der Waals surface area contributed by atoms with Gasteiger partial charge in [0, 0.05) is 40.9 Å². The zero-order valence-electron chi connectivity index (χ0n) is 15.6. The summed E-state index contributed by atoms with van der Waals surface area (Å²) in [6.45, 7) is 2.01. The molecule has 1 aromatic carbocycles. The number of carboxylic acids is 1. The number of aromatic nitrogens is 1. The van der Waals surface area contributed by atoms with Crippen molar-refractivity contribution in [2.75, 3.05) is 6.54 Å². The number of ether oxygens (including phenoxy) is 1. The molecule has 1 aliphatic rings. The Kier molecular flexibility index (Phi) is 5.86. The minimum absolute atomic E-state index is 0.219. The molecule has 2 N–H and O–H groups in total. The number of hydrogen-bond donors (Lipinski definition) is 2. The van der Waals surface area contributed by atoms with E-state index < -0.39 is 24.2 Å². The van der Waals surface area contributed by atoms with E-state index in [0.29, 0.717) is 23.7 Å². The first-order valence-electron chi connectivity index (χ1n) is 9.16. The number of fused-ring (bicyclic) bond motifs is 1. The Labute approximate surface area is 164 Å². The summed E-state index contributed by atoms with van der Waals surface area (Å²) < 4.78 is 41.4. The average Bonchev–Trinajstić information content (AvgIpc) is 2.95. The first kappa shape index (κ1) is 20.8. The van der Waals surface area contributed by atoms with E-state index >= 15 is 0 Å². The van der Waals surface area contributed by atoms with Crippen molar-refractivity contribution in [2.24, 2.45) is 11.8 Å². The molecule has 1 aliphatic carbocycles. The highest BCUT2D eigenvalue weighted by Crippen LogP contribution is 2.30. The van der Waals surface area contributed by atoms with Gasteiger partial charge in [0.1, 0.15) is 5.75 Å². The van der Waals surface area contributed by atoms with Crippen LogP contribution < -0.4 is 15.2 Å². The van der Waals surface area contributed by atoms with Crippen molar-refractivity contribution in [2.45, 2.75) is 32.5 Å². The van der Waals surface area contributed by atoms with Gasteiger partial charge in [-0.2, -0.15) is 0 Å². The molecule has 0 aliphatic heterocycles. The number of alkyl halides is 3. The summed E-state index contributed by atoms with van der Waals surface area (Å²) in [5.74, 6) is -3.50. The maximum absolute atomic E-state index is 12.5. The van der Waals surface area contributed by atoms with Crippen LogP contribution in [0.1, 0.15) is 24.1 Å². The molecule has 29 heavy (non-hydrogen) atoms. The maximum Gasteiger partial charge on any atom is 0.573 e. The van der Waals surface area contributed by atoms with E-state index in [-0.39, 0.29) is 24.6 Å². The summed E-state index contributed by atoms with van der Waals surface area (Å²) in [6.07, 6.45) is -0.336. The molecule has 2 atom stereocenters. The van der Waals surface area contributed by atoms with Crippen LogP contribution >= 0.6 is 0 Å². The Hall–Kier alpha value is -2.97. The van der Waals surface area contributed by atoms with Crippen LogP contribution in [0.15, 0.2) is 30.4 Å². The van der Waals surface area contributed by atoms with Crippen LogP contribution in [-0.4, -0.2) is 29.8 Å². The number of halogens is 3. The van der Waals surface area contributed by atoms with Crippen LogP contribution in [0.4, 0.5) is 13.2 Å². The monoisotopic (exact) mass is 409 g/mol. The van der Waals surface area contributed by atoms with Gasteiger partial charge in [-0.1, -0.05) is 12.2 Å². The lowest BCUT2D eigenvalue weighted by atomic mass is 9.82. The van der Waals surface area contributed by atoms with E-state index in [0.717, 1.165) is 11.3 Å². The number of hydrogen-bond acceptors (Lipinski definition) is 4. The smallest absolute Gasteiger partial charge is 0.550 e. The second-order valence-corrected chi connectivity index (χ2v) is 7.00. The fourth-order valence-electron chi connectivity index (χ4n) is 3.69. The highest BCUT2D eigenvalue weighted by molar-refractivity contribution is 5.87. The summed E-state index contributed by atoms with van der Waals surface area (Å²) in [6, 6.07) is 4.04. The van der Waals surface area contributed by atoms with Gasteiger partial charge in [0.2, 0.25) is 5.91 Å². The molecular weight excluding hydrogens is 389 g/mol. The van der Waals surface area contributed by atoms with E-state index in [4.69, 9.17) is 0 Å². The van der Waals surface area contributed by atoms with Crippen molar-refractivity contribution < 1.29 is 32.6 Å². The van der Waals surface area contributed by atoms with Crippen molar-refractivity contribution in [1.29, 1.82) is 0 Å². The van der Waals surface area contributed by atoms with Crippen molar-refractivity contribution in [3.05, 3.63) is 41.6 Å². The van der Waals surface area contributed by atoms with Gasteiger partial charge in [-0.3, -0.25) is 4.79 Å². The van der Waals surface area contributed by atoms with E-state index in [1.54, 1.807) is 19.1 Å². The number of rotatable bonds is 6. The summed E-state index contributed by atoms with van der Waals surface area (Å²) in [4.78, 5) is 26.7. The predicted octanol–water partition coefficient (Wildman–Crippen LogP) is 2.37. The van der Waals surface area contributed by atoms with Crippen LogP contribution in [0.25, 0.3) is 10.9 Å². The molecular formula is C20H20F3N2O4-. The molecule has 0 radical (unpaired) electrons. The summed E-state index contributed by atoms with van der Waals surface area (Å²) >= 11 is 0. The summed E-state index contributed by atoms with van der Waals surface area (Å²) in [5, 5.41) is 14.5. The molecule has 0 bridgehead atoms. The minimum atomic E-state index is -4.78. The maximum atomic E-state index is 12.5. The second-order valence-electron chi connectivity index (χ2n) is 7.00. The third-order valence-corrected chi connectivity index (χ3v) is 5.07. The molecule has 0 saturated heterocycles. The Morgan fingerprint density at radius 3 is 2.59 bits per heavy atom. The molecule has 2 aromatic rings. The molecule has 1 aromatic heterocycles. The van der Waals surface area contributed by atoms with Gasteiger partial charge in [0.25, 0.3) is 0 Å². The lowest BCUT2D eigenvalue weighted by Crippen LogP contribution is -2.44. The number of allylic oxidation sites excluding steroid dienone is 2. The lowest BCUT2D eigenvalue weighted by Gasteiger charge is -2.28. The SMILES string of the molecule is Cc1[nH]c2ccc(OC(F)(F)F)cc2c1CCNC(=O)[C@@H]1CC=CC[C@@H]1C(=O)[O-]. The van der Waals surface area contributed by atoms with Gasteiger partial charge in [0.15, 0.2) is 0 Å². The molecule has 0 unspecified atom stereocenters. The number of H-pyrrole nitrogens is 1. The molecule has 0 spiro atoms. The Morgan fingerprint density at radius 2 is 1.93 bits per heavy atom. The van der Waals surface area contributed by atoms with E-state index in [9.17, 15) is 27.9 Å². The van der Waals surface area contributed by atoms with E-state index in [2.05, 4.69) is 15.0 Å². The van der Waals surface area contributed by atoms with Crippen LogP contribution in [-0.2, 0) is 16.0 Å². The van der Waals surface area contributed by atoms with Crippen molar-refractivity contribution in [1.82, 2.24) is 10.3 Å². The van der Waals surface area contributed by atoms with Crippen LogP contribution in [0, 0.1) is 18.8 Å². The Balaban J connectivity index is 1.69. The number of aryl methyl sites for hydroxylation is 1. The minimum Gasteiger partial charge on any atom is -0.550 e. The van der Waals surface area contributed by atoms with Gasteiger partial charge in [0.05, 0.1) is 0 Å². The van der Waals surface area contributed by atoms with Gasteiger partial charge in [-0.15, -0.1) is 13.2 Å². The van der Waals surface area contributed by atoms with Crippen molar-refractivity contribution in [3.63, 3.8) is 0 Å². The number of benzene rings is 1. The topological polar surface area (TPSA) is 94.2 Å². The zero-order chi connectivity index (χ0) is 21.2. The lowest BCUT2D eigenvalue weighted by molar-refractivity contribution is -0.313. The predicted molar refractivity (Wildman–Crippen MR) is 96.8 cm³/mol. The van der Waals surface area contributed by atoms with Gasteiger partial charge >= 0.3 is 6.36 Å². The van der Waals surface area contributed by atoms with Crippen LogP contribution in [0.3, 0.4) is 0 Å². The number of nitrogens with one attached hydrogen (secondary N) is 2. The molecule has 0 saturated carbocycles. The highest BCUT2D eigenvalue weighted by Gasteiger charge is 2.31. The molecule has 6 nitrogen and oxygen atoms in total. The average molecular weight is 409 g/mol. The number of carbonyl (C=O) groups excluding carboxylic acids is 2. The van der Waals surface area contributed by atoms with E-state index in [1.807, 2.05) is 0 Å². The van der Waals surface area contributed by atoms with Gasteiger partial charge < -0.3 is 24.9 Å².